The third-order valence-electron chi connectivity index (χ3n) is 3.50. The zero-order valence-corrected chi connectivity index (χ0v) is 14.1. The molecule has 0 unspecified atom stereocenters. The average Bonchev–Trinajstić information content (AvgIpc) is 2.68. The van der Waals surface area contributed by atoms with Gasteiger partial charge in [0.05, 0.1) is 4.92 Å². The van der Waals surface area contributed by atoms with Gasteiger partial charge < -0.3 is 10.1 Å². The van der Waals surface area contributed by atoms with Crippen molar-refractivity contribution in [3.05, 3.63) is 94.8 Å². The van der Waals surface area contributed by atoms with Crippen molar-refractivity contribution in [2.24, 2.45) is 0 Å². The molecule has 0 aliphatic rings. The molecule has 0 saturated carbocycles. The van der Waals surface area contributed by atoms with Crippen LogP contribution in [0, 0.1) is 10.1 Å². The van der Waals surface area contributed by atoms with Crippen molar-refractivity contribution < 1.29 is 14.5 Å². The third kappa shape index (κ3) is 5.23. The van der Waals surface area contributed by atoms with Gasteiger partial charge in [0.25, 0.3) is 5.69 Å². The molecule has 1 amide bonds. The highest BCUT2D eigenvalue weighted by Crippen LogP contribution is 2.23. The minimum atomic E-state index is -0.480. The number of nitro benzene ring substituents is 1. The van der Waals surface area contributed by atoms with E-state index in [1.165, 1.54) is 24.3 Å². The number of hydrogen-bond acceptors (Lipinski definition) is 5. The number of anilines is 1. The van der Waals surface area contributed by atoms with E-state index in [4.69, 9.17) is 4.74 Å². The number of nitrogens with zero attached hydrogens (tertiary/aromatic N) is 2. The van der Waals surface area contributed by atoms with Gasteiger partial charge in [-0.25, -0.2) is 0 Å². The lowest BCUT2D eigenvalue weighted by Gasteiger charge is -2.07. The molecule has 0 fully saturated rings. The lowest BCUT2D eigenvalue weighted by atomic mass is 10.2. The first kappa shape index (κ1) is 17.8. The molecule has 3 rings (SSSR count). The molecule has 0 saturated heterocycles. The number of hydrogen-bond donors (Lipinski definition) is 1. The molecule has 0 spiro atoms. The second-order valence-electron chi connectivity index (χ2n) is 5.49. The van der Waals surface area contributed by atoms with Crippen LogP contribution in [0.15, 0.2) is 79.1 Å². The maximum absolute atomic E-state index is 12.1. The summed E-state index contributed by atoms with van der Waals surface area (Å²) in [7, 11) is 0. The van der Waals surface area contributed by atoms with Crippen molar-refractivity contribution in [1.82, 2.24) is 4.98 Å². The van der Waals surface area contributed by atoms with Crippen LogP contribution in [0.4, 0.5) is 11.4 Å². The Labute approximate surface area is 155 Å². The van der Waals surface area contributed by atoms with Crippen LogP contribution in [0.5, 0.6) is 11.5 Å². The Bertz CT molecular complexity index is 987. The van der Waals surface area contributed by atoms with Gasteiger partial charge in [0.2, 0.25) is 5.91 Å². The van der Waals surface area contributed by atoms with Crippen molar-refractivity contribution in [3.63, 3.8) is 0 Å². The Morgan fingerprint density at radius 3 is 2.59 bits per heavy atom. The van der Waals surface area contributed by atoms with E-state index < -0.39 is 4.92 Å². The molecule has 0 aliphatic carbocycles. The second kappa shape index (κ2) is 8.39. The number of carbonyl (C=O) groups excluding carboxylic acids is 1. The van der Waals surface area contributed by atoms with Gasteiger partial charge in [-0.2, -0.15) is 0 Å². The zero-order chi connectivity index (χ0) is 19.1. The van der Waals surface area contributed by atoms with Crippen molar-refractivity contribution in [2.45, 2.75) is 0 Å². The van der Waals surface area contributed by atoms with E-state index >= 15 is 0 Å². The highest BCUT2D eigenvalue weighted by Gasteiger charge is 2.05. The molecule has 3 aromatic rings. The smallest absolute Gasteiger partial charge is 0.270 e. The van der Waals surface area contributed by atoms with E-state index in [0.717, 1.165) is 0 Å². The first-order chi connectivity index (χ1) is 13.1. The normalized spacial score (nSPS) is 10.5. The summed E-state index contributed by atoms with van der Waals surface area (Å²) in [4.78, 5) is 26.3. The molecule has 1 aromatic heterocycles. The van der Waals surface area contributed by atoms with Crippen molar-refractivity contribution in [2.75, 3.05) is 5.32 Å². The fraction of sp³-hybridized carbons (Fsp3) is 0. The summed E-state index contributed by atoms with van der Waals surface area (Å²) in [6, 6.07) is 16.5. The molecule has 1 heterocycles. The van der Waals surface area contributed by atoms with Crippen LogP contribution in [0.2, 0.25) is 0 Å². The largest absolute Gasteiger partial charge is 0.457 e. The number of rotatable bonds is 6. The van der Waals surface area contributed by atoms with Crippen LogP contribution >= 0.6 is 0 Å². The van der Waals surface area contributed by atoms with Crippen molar-refractivity contribution >= 4 is 23.4 Å². The number of carbonyl (C=O) groups is 1. The van der Waals surface area contributed by atoms with Crippen LogP contribution in [0.3, 0.4) is 0 Å². The van der Waals surface area contributed by atoms with Gasteiger partial charge in [0.1, 0.15) is 11.5 Å². The summed E-state index contributed by atoms with van der Waals surface area (Å²) in [5.74, 6) is 0.850. The molecule has 134 valence electrons. The molecule has 2 aromatic carbocycles. The van der Waals surface area contributed by atoms with Crippen LogP contribution in [0.1, 0.15) is 5.56 Å². The van der Waals surface area contributed by atoms with Gasteiger partial charge in [0.15, 0.2) is 0 Å². The highest BCUT2D eigenvalue weighted by atomic mass is 16.6. The quantitative estimate of drug-likeness (QED) is 0.398. The molecular weight excluding hydrogens is 346 g/mol. The monoisotopic (exact) mass is 361 g/mol. The average molecular weight is 361 g/mol. The summed E-state index contributed by atoms with van der Waals surface area (Å²) in [5.41, 5.74) is 1.10. The maximum Gasteiger partial charge on any atom is 0.270 e. The maximum atomic E-state index is 12.1. The lowest BCUT2D eigenvalue weighted by molar-refractivity contribution is -0.384. The first-order valence-corrected chi connectivity index (χ1v) is 8.01. The first-order valence-electron chi connectivity index (χ1n) is 8.01. The van der Waals surface area contributed by atoms with E-state index in [1.807, 2.05) is 0 Å². The Morgan fingerprint density at radius 1 is 1.04 bits per heavy atom. The van der Waals surface area contributed by atoms with Gasteiger partial charge in [-0.1, -0.05) is 18.2 Å². The summed E-state index contributed by atoms with van der Waals surface area (Å²) in [6.07, 6.45) is 6.08. The van der Waals surface area contributed by atoms with Crippen LogP contribution in [-0.4, -0.2) is 15.8 Å². The van der Waals surface area contributed by atoms with Gasteiger partial charge in [-0.3, -0.25) is 19.9 Å². The van der Waals surface area contributed by atoms with Crippen LogP contribution in [-0.2, 0) is 4.79 Å². The number of aromatic nitrogens is 1. The second-order valence-corrected chi connectivity index (χ2v) is 5.49. The van der Waals surface area contributed by atoms with E-state index in [2.05, 4.69) is 10.3 Å². The molecule has 0 atom stereocenters. The Kier molecular flexibility index (Phi) is 5.54. The molecule has 0 bridgehead atoms. The minimum Gasteiger partial charge on any atom is -0.457 e. The molecule has 0 radical (unpaired) electrons. The topological polar surface area (TPSA) is 94.4 Å². The summed E-state index contributed by atoms with van der Waals surface area (Å²) < 4.78 is 5.69. The summed E-state index contributed by atoms with van der Waals surface area (Å²) >= 11 is 0. The molecule has 1 N–H and O–H groups in total. The predicted octanol–water partition coefficient (Wildman–Crippen LogP) is 4.43. The Balaban J connectivity index is 1.65. The molecule has 7 heteroatoms. The Morgan fingerprint density at radius 2 is 1.81 bits per heavy atom. The Hall–Kier alpha value is -4.00. The number of nitro groups is 1. The molecule has 27 heavy (non-hydrogen) atoms. The van der Waals surface area contributed by atoms with Crippen molar-refractivity contribution in [3.8, 4) is 11.5 Å². The SMILES string of the molecule is O=C(/C=C/c1cccc([N+](=O)[O-])c1)Nc1cccc(Oc2ccncc2)c1. The molecule has 0 aliphatic heterocycles. The fourth-order valence-corrected chi connectivity index (χ4v) is 2.28. The fourth-order valence-electron chi connectivity index (χ4n) is 2.28. The van der Waals surface area contributed by atoms with Gasteiger partial charge in [-0.15, -0.1) is 0 Å². The summed E-state index contributed by atoms with van der Waals surface area (Å²) in [5, 5.41) is 13.5. The third-order valence-corrected chi connectivity index (χ3v) is 3.50. The lowest BCUT2D eigenvalue weighted by Crippen LogP contribution is -2.07. The summed E-state index contributed by atoms with van der Waals surface area (Å²) in [6.45, 7) is 0. The van der Waals surface area contributed by atoms with E-state index in [9.17, 15) is 14.9 Å². The standard InChI is InChI=1S/C20H15N3O4/c24-20(8-7-15-3-1-5-17(13-15)23(25)26)22-16-4-2-6-19(14-16)27-18-9-11-21-12-10-18/h1-14H,(H,22,24)/b8-7+. The van der Waals surface area contributed by atoms with Gasteiger partial charge >= 0.3 is 0 Å². The van der Waals surface area contributed by atoms with Crippen LogP contribution in [0.25, 0.3) is 6.08 Å². The highest BCUT2D eigenvalue weighted by molar-refractivity contribution is 6.02. The van der Waals surface area contributed by atoms with Gasteiger partial charge in [0, 0.05) is 42.4 Å². The number of nitrogens with one attached hydrogen (secondary N) is 1. The predicted molar refractivity (Wildman–Crippen MR) is 102 cm³/mol. The minimum absolute atomic E-state index is 0.0291. The van der Waals surface area contributed by atoms with E-state index in [1.54, 1.807) is 60.9 Å². The van der Waals surface area contributed by atoms with Gasteiger partial charge in [-0.05, 0) is 35.9 Å². The van der Waals surface area contributed by atoms with E-state index in [0.29, 0.717) is 22.7 Å². The van der Waals surface area contributed by atoms with Crippen molar-refractivity contribution in [1.29, 1.82) is 0 Å². The van der Waals surface area contributed by atoms with Crippen LogP contribution < -0.4 is 10.1 Å². The molecular formula is C20H15N3O4. The molecule has 7 nitrogen and oxygen atoms in total. The number of benzene rings is 2. The zero-order valence-electron chi connectivity index (χ0n) is 14.1. The van der Waals surface area contributed by atoms with E-state index in [-0.39, 0.29) is 11.6 Å². The number of pyridine rings is 1. The number of non-ortho nitro benzene ring substituents is 1. The number of amides is 1. The number of ether oxygens (including phenoxy) is 1.